The molecule has 0 aliphatic carbocycles. The fourth-order valence-electron chi connectivity index (χ4n) is 3.61. The van der Waals surface area contributed by atoms with E-state index in [1.54, 1.807) is 24.5 Å². The van der Waals surface area contributed by atoms with Crippen LogP contribution in [0, 0.1) is 0 Å². The molecule has 0 saturated carbocycles. The summed E-state index contributed by atoms with van der Waals surface area (Å²) in [5.74, 6) is 0.138. The Morgan fingerprint density at radius 1 is 0.838 bits per heavy atom. The Bertz CT molecular complexity index is 1030. The Kier molecular flexibility index (Phi) is 12.9. The summed E-state index contributed by atoms with van der Waals surface area (Å²) in [4.78, 5) is 23.2. The largest absolute Gasteiger partial charge is 0.379 e. The number of rotatable bonds is 18. The van der Waals surface area contributed by atoms with Gasteiger partial charge < -0.3 is 9.47 Å². The van der Waals surface area contributed by atoms with E-state index >= 15 is 0 Å². The number of ether oxygens (including phenoxy) is 2. The molecule has 1 atom stereocenters. The van der Waals surface area contributed by atoms with Gasteiger partial charge in [-0.25, -0.2) is 4.21 Å². The van der Waals surface area contributed by atoms with Crippen LogP contribution in [0.15, 0.2) is 73.1 Å². The first-order chi connectivity index (χ1) is 18.1. The zero-order chi connectivity index (χ0) is 26.1. The third kappa shape index (κ3) is 12.2. The standard InChI is InChI=1S/C27H34N4O5S/c32-27(12-9-23-7-10-24(11-8-23)30-37(33)34)13-17-35-19-20-36-18-16-31(21-25-5-1-3-14-28-25)22-26-6-2-4-15-29-26/h1-8,10-11,14-15,30H,9,12-13,16-22H2,(H,33,34). The number of ketones is 1. The van der Waals surface area contributed by atoms with Crippen molar-refractivity contribution in [1.82, 2.24) is 14.9 Å². The van der Waals surface area contributed by atoms with Crippen molar-refractivity contribution in [3.63, 3.8) is 0 Å². The Morgan fingerprint density at radius 2 is 1.46 bits per heavy atom. The van der Waals surface area contributed by atoms with Gasteiger partial charge in [-0.2, -0.15) is 0 Å². The van der Waals surface area contributed by atoms with Crippen LogP contribution in [0.4, 0.5) is 5.69 Å². The maximum Gasteiger partial charge on any atom is 0.259 e. The Balaban J connectivity index is 1.26. The van der Waals surface area contributed by atoms with Gasteiger partial charge in [-0.3, -0.25) is 28.9 Å². The monoisotopic (exact) mass is 526 g/mol. The van der Waals surface area contributed by atoms with E-state index in [0.717, 1.165) is 23.5 Å². The highest BCUT2D eigenvalue weighted by Gasteiger charge is 2.09. The predicted molar refractivity (Wildman–Crippen MR) is 143 cm³/mol. The van der Waals surface area contributed by atoms with Gasteiger partial charge >= 0.3 is 0 Å². The molecular weight excluding hydrogens is 492 g/mol. The van der Waals surface area contributed by atoms with Crippen molar-refractivity contribution >= 4 is 22.7 Å². The smallest absolute Gasteiger partial charge is 0.259 e. The van der Waals surface area contributed by atoms with Crippen molar-refractivity contribution in [2.75, 3.05) is 37.7 Å². The molecule has 0 aliphatic heterocycles. The summed E-state index contributed by atoms with van der Waals surface area (Å²) in [7, 11) is 0. The molecule has 2 N–H and O–H groups in total. The van der Waals surface area contributed by atoms with Crippen LogP contribution in [-0.4, -0.2) is 62.4 Å². The molecule has 0 amide bonds. The molecule has 0 saturated heterocycles. The highest BCUT2D eigenvalue weighted by molar-refractivity contribution is 7.80. The number of carbonyl (C=O) groups is 1. The fourth-order valence-corrected chi connectivity index (χ4v) is 3.94. The van der Waals surface area contributed by atoms with Gasteiger partial charge in [-0.1, -0.05) is 24.3 Å². The van der Waals surface area contributed by atoms with Gasteiger partial charge in [-0.05, 0) is 48.4 Å². The number of pyridine rings is 2. The van der Waals surface area contributed by atoms with E-state index in [0.29, 0.717) is 64.5 Å². The Morgan fingerprint density at radius 3 is 2.03 bits per heavy atom. The second kappa shape index (κ2) is 16.7. The summed E-state index contributed by atoms with van der Waals surface area (Å²) in [5, 5.41) is 0. The van der Waals surface area contributed by atoms with E-state index in [2.05, 4.69) is 19.6 Å². The maximum absolute atomic E-state index is 12.1. The van der Waals surface area contributed by atoms with E-state index in [-0.39, 0.29) is 5.78 Å². The molecule has 3 aromatic rings. The zero-order valence-corrected chi connectivity index (χ0v) is 21.6. The van der Waals surface area contributed by atoms with Crippen LogP contribution in [0.1, 0.15) is 29.8 Å². The molecule has 0 aliphatic rings. The van der Waals surface area contributed by atoms with Crippen LogP contribution in [0.3, 0.4) is 0 Å². The molecule has 9 nitrogen and oxygen atoms in total. The van der Waals surface area contributed by atoms with Gasteiger partial charge in [0.1, 0.15) is 5.78 Å². The minimum absolute atomic E-state index is 0.138. The SMILES string of the molecule is O=C(CCOCCOCCN(Cc1ccccn1)Cc1ccccn1)CCc1ccc(NS(=O)O)cc1. The first-order valence-corrected chi connectivity index (χ1v) is 13.3. The normalized spacial score (nSPS) is 11.9. The minimum atomic E-state index is -2.09. The Hall–Kier alpha value is -3.02. The number of benzene rings is 1. The van der Waals surface area contributed by atoms with Crippen molar-refractivity contribution in [2.24, 2.45) is 0 Å². The highest BCUT2D eigenvalue weighted by atomic mass is 32.2. The molecule has 2 aromatic heterocycles. The lowest BCUT2D eigenvalue weighted by Gasteiger charge is -2.21. The highest BCUT2D eigenvalue weighted by Crippen LogP contribution is 2.12. The van der Waals surface area contributed by atoms with Crippen LogP contribution in [0.25, 0.3) is 0 Å². The summed E-state index contributed by atoms with van der Waals surface area (Å²) in [6.07, 6.45) is 5.02. The van der Waals surface area contributed by atoms with E-state index in [1.807, 2.05) is 48.5 Å². The number of hydrogen-bond acceptors (Lipinski definition) is 7. The summed E-state index contributed by atoms with van der Waals surface area (Å²) < 4.78 is 33.3. The number of nitrogens with zero attached hydrogens (tertiary/aromatic N) is 3. The Labute approximate surface area is 220 Å². The van der Waals surface area contributed by atoms with Crippen molar-refractivity contribution in [1.29, 1.82) is 0 Å². The first kappa shape index (κ1) is 28.5. The second-order valence-electron chi connectivity index (χ2n) is 8.41. The molecule has 37 heavy (non-hydrogen) atoms. The number of carbonyl (C=O) groups excluding carboxylic acids is 1. The lowest BCUT2D eigenvalue weighted by molar-refractivity contribution is -0.120. The quantitative estimate of drug-likeness (QED) is 0.191. The van der Waals surface area contributed by atoms with Crippen molar-refractivity contribution in [3.05, 3.63) is 90.0 Å². The first-order valence-electron chi connectivity index (χ1n) is 12.2. The topological polar surface area (TPSA) is 114 Å². The average Bonchev–Trinajstić information content (AvgIpc) is 2.90. The molecule has 0 spiro atoms. The summed E-state index contributed by atoms with van der Waals surface area (Å²) in [6, 6.07) is 18.9. The molecule has 0 radical (unpaired) electrons. The van der Waals surface area contributed by atoms with Crippen LogP contribution >= 0.6 is 0 Å². The van der Waals surface area contributed by atoms with Crippen LogP contribution in [-0.2, 0) is 45.0 Å². The van der Waals surface area contributed by atoms with Gasteiger partial charge in [0.15, 0.2) is 0 Å². The van der Waals surface area contributed by atoms with Gasteiger partial charge in [0, 0.05) is 50.6 Å². The minimum Gasteiger partial charge on any atom is -0.379 e. The molecule has 10 heteroatoms. The van der Waals surface area contributed by atoms with E-state index in [4.69, 9.17) is 14.0 Å². The van der Waals surface area contributed by atoms with Crippen molar-refractivity contribution in [3.8, 4) is 0 Å². The fraction of sp³-hybridized carbons (Fsp3) is 0.370. The third-order valence-corrected chi connectivity index (χ3v) is 5.93. The van der Waals surface area contributed by atoms with Gasteiger partial charge in [0.2, 0.25) is 0 Å². The summed E-state index contributed by atoms with van der Waals surface area (Å²) in [6.45, 7) is 4.00. The summed E-state index contributed by atoms with van der Waals surface area (Å²) >= 11 is -2.09. The number of aromatic nitrogens is 2. The van der Waals surface area contributed by atoms with Crippen LogP contribution < -0.4 is 4.72 Å². The molecule has 1 aromatic carbocycles. The van der Waals surface area contributed by atoms with E-state index < -0.39 is 11.3 Å². The molecule has 2 heterocycles. The van der Waals surface area contributed by atoms with E-state index in [9.17, 15) is 9.00 Å². The second-order valence-corrected chi connectivity index (χ2v) is 9.12. The van der Waals surface area contributed by atoms with Crippen molar-refractivity contribution < 1.29 is 23.0 Å². The number of anilines is 1. The van der Waals surface area contributed by atoms with E-state index in [1.165, 1.54) is 0 Å². The molecule has 0 bridgehead atoms. The average molecular weight is 527 g/mol. The lowest BCUT2D eigenvalue weighted by atomic mass is 10.1. The number of aryl methyl sites for hydroxylation is 1. The number of Topliss-reactive ketones (excluding diaryl/α,β-unsaturated/α-hetero) is 1. The third-order valence-electron chi connectivity index (χ3n) is 5.52. The van der Waals surface area contributed by atoms with Crippen LogP contribution in [0.2, 0.25) is 0 Å². The molecule has 0 fully saturated rings. The van der Waals surface area contributed by atoms with Crippen LogP contribution in [0.5, 0.6) is 0 Å². The maximum atomic E-state index is 12.1. The van der Waals surface area contributed by atoms with Crippen molar-refractivity contribution in [2.45, 2.75) is 32.4 Å². The number of nitrogens with one attached hydrogen (secondary N) is 1. The zero-order valence-electron chi connectivity index (χ0n) is 20.8. The molecule has 198 valence electrons. The molecule has 1 unspecified atom stereocenters. The molecule has 3 rings (SSSR count). The summed E-state index contributed by atoms with van der Waals surface area (Å²) in [5.41, 5.74) is 3.55. The van der Waals surface area contributed by atoms with Gasteiger partial charge in [0.25, 0.3) is 11.3 Å². The molecular formula is C27H34N4O5S. The lowest BCUT2D eigenvalue weighted by Crippen LogP contribution is -2.28. The number of hydrogen-bond donors (Lipinski definition) is 2. The van der Waals surface area contributed by atoms with Gasteiger partial charge in [-0.15, -0.1) is 0 Å². The predicted octanol–water partition coefficient (Wildman–Crippen LogP) is 3.65. The van der Waals surface area contributed by atoms with Gasteiger partial charge in [0.05, 0.1) is 37.8 Å².